The van der Waals surface area contributed by atoms with E-state index in [1.165, 1.54) is 12.8 Å². The SMILES string of the molecule is CC(C)(CO)CNC1(CNC(=O)OC(C)(C)C)CCCC1. The van der Waals surface area contributed by atoms with Crippen molar-refractivity contribution in [1.82, 2.24) is 10.6 Å². The van der Waals surface area contributed by atoms with Crippen LogP contribution in [0.25, 0.3) is 0 Å². The van der Waals surface area contributed by atoms with Crippen LogP contribution >= 0.6 is 0 Å². The Morgan fingerprint density at radius 1 is 1.19 bits per heavy atom. The number of rotatable bonds is 6. The Bertz CT molecular complexity index is 342. The molecule has 1 rings (SSSR count). The van der Waals surface area contributed by atoms with Gasteiger partial charge in [-0.25, -0.2) is 4.79 Å². The molecule has 0 radical (unpaired) electrons. The molecule has 0 aromatic carbocycles. The fourth-order valence-electron chi connectivity index (χ4n) is 2.51. The summed E-state index contributed by atoms with van der Waals surface area (Å²) in [5.74, 6) is 0. The van der Waals surface area contributed by atoms with Crippen molar-refractivity contribution in [2.45, 2.75) is 71.4 Å². The second kappa shape index (κ2) is 6.97. The minimum Gasteiger partial charge on any atom is -0.444 e. The third-order valence-electron chi connectivity index (χ3n) is 3.90. The minimum absolute atomic E-state index is 0.0661. The van der Waals surface area contributed by atoms with Gasteiger partial charge in [0.05, 0.1) is 0 Å². The standard InChI is InChI=1S/C16H32N2O3/c1-14(2,3)21-13(20)17-11-16(8-6-7-9-16)18-10-15(4,5)12-19/h18-19H,6-12H2,1-5H3,(H,17,20). The maximum Gasteiger partial charge on any atom is 0.407 e. The van der Waals surface area contributed by atoms with Crippen molar-refractivity contribution < 1.29 is 14.6 Å². The number of ether oxygens (including phenoxy) is 1. The molecule has 0 aromatic rings. The largest absolute Gasteiger partial charge is 0.444 e. The Kier molecular flexibility index (Phi) is 6.05. The van der Waals surface area contributed by atoms with Crippen LogP contribution in [0.4, 0.5) is 4.79 Å². The van der Waals surface area contributed by atoms with Gasteiger partial charge in [0.1, 0.15) is 5.60 Å². The van der Waals surface area contributed by atoms with Gasteiger partial charge in [0.15, 0.2) is 0 Å². The van der Waals surface area contributed by atoms with Crippen molar-refractivity contribution in [2.75, 3.05) is 19.7 Å². The van der Waals surface area contributed by atoms with Crippen molar-refractivity contribution in [3.8, 4) is 0 Å². The molecular weight excluding hydrogens is 268 g/mol. The molecule has 1 aliphatic carbocycles. The van der Waals surface area contributed by atoms with E-state index in [9.17, 15) is 9.90 Å². The van der Waals surface area contributed by atoms with Crippen LogP contribution in [0.15, 0.2) is 0 Å². The molecule has 0 atom stereocenters. The fraction of sp³-hybridized carbons (Fsp3) is 0.938. The highest BCUT2D eigenvalue weighted by molar-refractivity contribution is 5.67. The summed E-state index contributed by atoms with van der Waals surface area (Å²) in [4.78, 5) is 11.8. The number of aliphatic hydroxyl groups excluding tert-OH is 1. The Morgan fingerprint density at radius 3 is 2.24 bits per heavy atom. The van der Waals surface area contributed by atoms with Crippen LogP contribution in [0.1, 0.15) is 60.3 Å². The first kappa shape index (κ1) is 18.2. The van der Waals surface area contributed by atoms with E-state index in [2.05, 4.69) is 10.6 Å². The molecule has 0 aliphatic heterocycles. The summed E-state index contributed by atoms with van der Waals surface area (Å²) in [5.41, 5.74) is -0.690. The number of hydrogen-bond acceptors (Lipinski definition) is 4. The number of amides is 1. The van der Waals surface area contributed by atoms with E-state index in [1.54, 1.807) is 0 Å². The maximum atomic E-state index is 11.8. The molecule has 0 heterocycles. The van der Waals surface area contributed by atoms with Gasteiger partial charge in [0.25, 0.3) is 0 Å². The van der Waals surface area contributed by atoms with Crippen LogP contribution in [0.5, 0.6) is 0 Å². The van der Waals surface area contributed by atoms with Crippen molar-refractivity contribution >= 4 is 6.09 Å². The third kappa shape index (κ3) is 6.66. The average Bonchev–Trinajstić information content (AvgIpc) is 2.82. The molecule has 0 unspecified atom stereocenters. The monoisotopic (exact) mass is 300 g/mol. The van der Waals surface area contributed by atoms with Gasteiger partial charge < -0.3 is 20.5 Å². The van der Waals surface area contributed by atoms with E-state index >= 15 is 0 Å². The van der Waals surface area contributed by atoms with E-state index in [4.69, 9.17) is 4.74 Å². The lowest BCUT2D eigenvalue weighted by molar-refractivity contribution is 0.0505. The average molecular weight is 300 g/mol. The first-order valence-corrected chi connectivity index (χ1v) is 7.90. The molecule has 1 aliphatic rings. The number of nitrogens with one attached hydrogen (secondary N) is 2. The molecule has 21 heavy (non-hydrogen) atoms. The Labute approximate surface area is 128 Å². The highest BCUT2D eigenvalue weighted by Crippen LogP contribution is 2.30. The molecule has 3 N–H and O–H groups in total. The zero-order valence-corrected chi connectivity index (χ0v) is 14.2. The summed E-state index contributed by atoms with van der Waals surface area (Å²) in [7, 11) is 0. The van der Waals surface area contributed by atoms with Crippen LogP contribution in [-0.4, -0.2) is 42.0 Å². The minimum atomic E-state index is -0.473. The van der Waals surface area contributed by atoms with Crippen LogP contribution in [0.3, 0.4) is 0 Å². The lowest BCUT2D eigenvalue weighted by atomic mass is 9.91. The lowest BCUT2D eigenvalue weighted by Crippen LogP contribution is -2.54. The van der Waals surface area contributed by atoms with E-state index in [0.717, 1.165) is 19.4 Å². The van der Waals surface area contributed by atoms with Gasteiger partial charge in [-0.15, -0.1) is 0 Å². The van der Waals surface area contributed by atoms with Crippen molar-refractivity contribution in [3.63, 3.8) is 0 Å². The molecule has 0 saturated heterocycles. The lowest BCUT2D eigenvalue weighted by Gasteiger charge is -2.35. The Morgan fingerprint density at radius 2 is 1.76 bits per heavy atom. The first-order chi connectivity index (χ1) is 9.58. The van der Waals surface area contributed by atoms with Crippen LogP contribution in [0, 0.1) is 5.41 Å². The summed E-state index contributed by atoms with van der Waals surface area (Å²) in [6.07, 6.45) is 4.07. The zero-order valence-electron chi connectivity index (χ0n) is 14.2. The van der Waals surface area contributed by atoms with Gasteiger partial charge in [-0.2, -0.15) is 0 Å². The summed E-state index contributed by atoms with van der Waals surface area (Å²) >= 11 is 0. The molecule has 1 fully saturated rings. The highest BCUT2D eigenvalue weighted by atomic mass is 16.6. The summed E-state index contributed by atoms with van der Waals surface area (Å²) < 4.78 is 5.29. The zero-order chi connectivity index (χ0) is 16.1. The van der Waals surface area contributed by atoms with Gasteiger partial charge in [0, 0.05) is 30.7 Å². The number of hydrogen-bond donors (Lipinski definition) is 3. The van der Waals surface area contributed by atoms with E-state index in [-0.39, 0.29) is 23.7 Å². The van der Waals surface area contributed by atoms with Crippen molar-refractivity contribution in [2.24, 2.45) is 5.41 Å². The second-order valence-corrected chi connectivity index (χ2v) is 8.02. The molecule has 0 bridgehead atoms. The van der Waals surface area contributed by atoms with Crippen LogP contribution < -0.4 is 10.6 Å². The molecule has 1 amide bonds. The first-order valence-electron chi connectivity index (χ1n) is 7.90. The third-order valence-corrected chi connectivity index (χ3v) is 3.90. The molecule has 5 nitrogen and oxygen atoms in total. The number of alkyl carbamates (subject to hydrolysis) is 1. The van der Waals surface area contributed by atoms with Gasteiger partial charge in [-0.1, -0.05) is 26.7 Å². The van der Waals surface area contributed by atoms with Gasteiger partial charge in [-0.05, 0) is 33.6 Å². The molecule has 0 spiro atoms. The smallest absolute Gasteiger partial charge is 0.407 e. The van der Waals surface area contributed by atoms with Crippen molar-refractivity contribution in [1.29, 1.82) is 0 Å². The highest BCUT2D eigenvalue weighted by Gasteiger charge is 2.35. The molecule has 5 heteroatoms. The molecule has 1 saturated carbocycles. The van der Waals surface area contributed by atoms with E-state index in [0.29, 0.717) is 6.54 Å². The van der Waals surface area contributed by atoms with Gasteiger partial charge >= 0.3 is 6.09 Å². The quantitative estimate of drug-likeness (QED) is 0.704. The molecular formula is C16H32N2O3. The van der Waals surface area contributed by atoms with E-state index in [1.807, 2.05) is 34.6 Å². The Balaban J connectivity index is 2.51. The predicted octanol–water partition coefficient (Wildman–Crippen LogP) is 2.43. The number of aliphatic hydroxyl groups is 1. The number of carbonyl (C=O) groups is 1. The Hall–Kier alpha value is -0.810. The van der Waals surface area contributed by atoms with Crippen molar-refractivity contribution in [3.05, 3.63) is 0 Å². The van der Waals surface area contributed by atoms with Gasteiger partial charge in [0.2, 0.25) is 0 Å². The van der Waals surface area contributed by atoms with E-state index < -0.39 is 5.60 Å². The molecule has 0 aromatic heterocycles. The second-order valence-electron chi connectivity index (χ2n) is 8.02. The van der Waals surface area contributed by atoms with Crippen LogP contribution in [0.2, 0.25) is 0 Å². The number of carbonyl (C=O) groups excluding carboxylic acids is 1. The normalized spacial score (nSPS) is 18.6. The summed E-state index contributed by atoms with van der Waals surface area (Å²) in [6, 6.07) is 0. The predicted molar refractivity (Wildman–Crippen MR) is 84.3 cm³/mol. The summed E-state index contributed by atoms with van der Waals surface area (Å²) in [5, 5.41) is 15.8. The van der Waals surface area contributed by atoms with Crippen LogP contribution in [-0.2, 0) is 4.74 Å². The summed E-state index contributed by atoms with van der Waals surface area (Å²) in [6.45, 7) is 11.1. The topological polar surface area (TPSA) is 70.6 Å². The molecule has 124 valence electrons. The maximum absolute atomic E-state index is 11.8. The van der Waals surface area contributed by atoms with Gasteiger partial charge in [-0.3, -0.25) is 0 Å². The fourth-order valence-corrected chi connectivity index (χ4v) is 2.51.